The molecule has 0 amide bonds. The van der Waals surface area contributed by atoms with Gasteiger partial charge in [0.1, 0.15) is 0 Å². The van der Waals surface area contributed by atoms with E-state index in [4.69, 9.17) is 4.42 Å². The van der Waals surface area contributed by atoms with Crippen LogP contribution in [0.4, 0.5) is 0 Å². The van der Waals surface area contributed by atoms with Crippen molar-refractivity contribution in [2.45, 2.75) is 44.5 Å². The van der Waals surface area contributed by atoms with Gasteiger partial charge >= 0.3 is 177 Å². The quantitative estimate of drug-likeness (QED) is 0.272. The molecule has 0 aliphatic rings. The molecular formula is C26H32GeNO+. The van der Waals surface area contributed by atoms with E-state index in [1.54, 1.807) is 4.40 Å². The van der Waals surface area contributed by atoms with Gasteiger partial charge < -0.3 is 0 Å². The van der Waals surface area contributed by atoms with Crippen molar-refractivity contribution >= 4 is 39.6 Å². The number of hydrogen-bond donors (Lipinski definition) is 0. The Balaban J connectivity index is 2.04. The molecule has 4 rings (SSSR count). The van der Waals surface area contributed by atoms with Gasteiger partial charge in [0.25, 0.3) is 0 Å². The van der Waals surface area contributed by atoms with Gasteiger partial charge in [-0.15, -0.1) is 0 Å². The van der Waals surface area contributed by atoms with Gasteiger partial charge in [-0.1, -0.05) is 0 Å². The Bertz CT molecular complexity index is 1210. The van der Waals surface area contributed by atoms with Crippen molar-refractivity contribution in [3.63, 3.8) is 0 Å². The number of furan rings is 1. The number of pyridine rings is 1. The van der Waals surface area contributed by atoms with E-state index in [9.17, 15) is 0 Å². The molecule has 0 N–H and O–H groups in total. The van der Waals surface area contributed by atoms with E-state index in [0.29, 0.717) is 5.92 Å². The summed E-state index contributed by atoms with van der Waals surface area (Å²) in [6.07, 6.45) is 3.54. The van der Waals surface area contributed by atoms with Crippen molar-refractivity contribution in [3.8, 4) is 11.3 Å². The van der Waals surface area contributed by atoms with Crippen LogP contribution >= 0.6 is 0 Å². The van der Waals surface area contributed by atoms with Crippen LogP contribution in [0.5, 0.6) is 0 Å². The Hall–Kier alpha value is -2.07. The van der Waals surface area contributed by atoms with Gasteiger partial charge in [-0.05, 0) is 0 Å². The molecule has 150 valence electrons. The van der Waals surface area contributed by atoms with Crippen LogP contribution < -0.4 is 8.96 Å². The minimum absolute atomic E-state index is 0.641. The van der Waals surface area contributed by atoms with E-state index >= 15 is 0 Å². The Morgan fingerprint density at radius 1 is 1.00 bits per heavy atom. The zero-order valence-corrected chi connectivity index (χ0v) is 20.9. The second kappa shape index (κ2) is 7.32. The first-order valence-corrected chi connectivity index (χ1v) is 18.0. The number of benzene rings is 2. The van der Waals surface area contributed by atoms with Gasteiger partial charge in [-0.3, -0.25) is 0 Å². The number of rotatable bonds is 4. The monoisotopic (exact) mass is 448 g/mol. The molecule has 0 aliphatic carbocycles. The van der Waals surface area contributed by atoms with Crippen LogP contribution in [0.1, 0.15) is 25.0 Å². The fourth-order valence-electron chi connectivity index (χ4n) is 4.43. The fraction of sp³-hybridized carbons (Fsp3) is 0.346. The Morgan fingerprint density at radius 2 is 1.72 bits per heavy atom. The van der Waals surface area contributed by atoms with Gasteiger partial charge in [0, 0.05) is 0 Å². The van der Waals surface area contributed by atoms with Crippen LogP contribution in [0.15, 0.2) is 53.1 Å². The van der Waals surface area contributed by atoms with E-state index < -0.39 is 13.3 Å². The third kappa shape index (κ3) is 3.63. The van der Waals surface area contributed by atoms with Crippen molar-refractivity contribution in [2.75, 3.05) is 0 Å². The second-order valence-electron chi connectivity index (χ2n) is 9.79. The molecule has 0 unspecified atom stereocenters. The molecule has 0 saturated carbocycles. The standard InChI is InChI=1S/C26H32GeNO/c1-17(2)14-19-15-23(28(7)16-22(19)27(4,5)6)25-18(3)12-13-21-20-10-8-9-11-24(20)29-26(21)25/h8-13,15-17H,14H2,1-7H3/q+1. The van der Waals surface area contributed by atoms with Crippen molar-refractivity contribution in [3.05, 3.63) is 59.8 Å². The average Bonchev–Trinajstić information content (AvgIpc) is 3.00. The third-order valence-electron chi connectivity index (χ3n) is 5.81. The summed E-state index contributed by atoms with van der Waals surface area (Å²) in [4.78, 5) is 0. The number of fused-ring (bicyclic) bond motifs is 3. The maximum atomic E-state index is 6.39. The SMILES string of the molecule is Cc1ccc2c(oc3ccccc32)c1-c1cc(CC(C)C)[c]([Ge]([CH3])([CH3])[CH3])c[n+]1C. The van der Waals surface area contributed by atoms with Gasteiger partial charge in [-0.25, -0.2) is 0 Å². The summed E-state index contributed by atoms with van der Waals surface area (Å²) in [5.41, 5.74) is 7.21. The van der Waals surface area contributed by atoms with E-state index in [1.807, 2.05) is 6.07 Å². The zero-order chi connectivity index (χ0) is 20.9. The van der Waals surface area contributed by atoms with E-state index in [-0.39, 0.29) is 0 Å². The topological polar surface area (TPSA) is 17.0 Å². The third-order valence-corrected chi connectivity index (χ3v) is 10.1. The minimum atomic E-state index is -1.98. The zero-order valence-electron chi connectivity index (χ0n) is 18.8. The molecular weight excluding hydrogens is 415 g/mol. The average molecular weight is 447 g/mol. The molecule has 2 heterocycles. The first kappa shape index (κ1) is 20.2. The van der Waals surface area contributed by atoms with Crippen molar-refractivity contribution < 1.29 is 8.98 Å². The molecule has 2 nitrogen and oxygen atoms in total. The first-order chi connectivity index (χ1) is 13.7. The van der Waals surface area contributed by atoms with Gasteiger partial charge in [0.15, 0.2) is 0 Å². The maximum absolute atomic E-state index is 6.39. The van der Waals surface area contributed by atoms with Crippen LogP contribution in [0.25, 0.3) is 33.2 Å². The molecule has 0 atom stereocenters. The summed E-state index contributed by atoms with van der Waals surface area (Å²) < 4.78 is 10.3. The summed E-state index contributed by atoms with van der Waals surface area (Å²) in [5.74, 6) is 8.11. The van der Waals surface area contributed by atoms with Crippen LogP contribution in [-0.2, 0) is 13.5 Å². The summed E-state index contributed by atoms with van der Waals surface area (Å²) in [5, 5.41) is 2.39. The van der Waals surface area contributed by atoms with E-state index in [2.05, 4.69) is 92.2 Å². The van der Waals surface area contributed by atoms with Crippen LogP contribution in [0.3, 0.4) is 0 Å². The second-order valence-corrected chi connectivity index (χ2v) is 20.4. The van der Waals surface area contributed by atoms with Crippen LogP contribution in [0, 0.1) is 12.8 Å². The van der Waals surface area contributed by atoms with Crippen molar-refractivity contribution in [2.24, 2.45) is 13.0 Å². The number of para-hydroxylation sites is 1. The molecule has 0 aliphatic heterocycles. The number of hydrogen-bond acceptors (Lipinski definition) is 1. The summed E-state index contributed by atoms with van der Waals surface area (Å²) >= 11 is -1.98. The Kier molecular flexibility index (Phi) is 5.10. The predicted molar refractivity (Wildman–Crippen MR) is 127 cm³/mol. The molecule has 0 radical (unpaired) electrons. The van der Waals surface area contributed by atoms with Gasteiger partial charge in [-0.2, -0.15) is 0 Å². The van der Waals surface area contributed by atoms with E-state index in [0.717, 1.165) is 17.6 Å². The van der Waals surface area contributed by atoms with Gasteiger partial charge in [0.2, 0.25) is 0 Å². The number of nitrogens with zero attached hydrogens (tertiary/aromatic N) is 1. The molecule has 0 bridgehead atoms. The molecule has 29 heavy (non-hydrogen) atoms. The van der Waals surface area contributed by atoms with E-state index in [1.165, 1.54) is 33.2 Å². The number of aromatic nitrogens is 1. The molecule has 3 heteroatoms. The predicted octanol–water partition coefficient (Wildman–Crippen LogP) is 6.13. The first-order valence-electron chi connectivity index (χ1n) is 10.6. The molecule has 0 spiro atoms. The van der Waals surface area contributed by atoms with Crippen LogP contribution in [-0.4, -0.2) is 13.3 Å². The molecule has 0 saturated heterocycles. The number of aryl methyl sites for hydroxylation is 2. The molecule has 2 aromatic carbocycles. The summed E-state index contributed by atoms with van der Waals surface area (Å²) in [6, 6.07) is 15.2. The van der Waals surface area contributed by atoms with Crippen LogP contribution in [0.2, 0.25) is 17.3 Å². The van der Waals surface area contributed by atoms with Crippen molar-refractivity contribution in [1.82, 2.24) is 0 Å². The molecule has 4 aromatic rings. The summed E-state index contributed by atoms with van der Waals surface area (Å²) in [6.45, 7) is 6.83. The Labute approximate surface area is 176 Å². The van der Waals surface area contributed by atoms with Gasteiger partial charge in [0.05, 0.1) is 0 Å². The molecule has 2 aromatic heterocycles. The summed E-state index contributed by atoms with van der Waals surface area (Å²) in [7, 11) is 2.19. The molecule has 0 fully saturated rings. The Morgan fingerprint density at radius 3 is 2.41 bits per heavy atom. The van der Waals surface area contributed by atoms with Crippen molar-refractivity contribution in [1.29, 1.82) is 0 Å². The fourth-order valence-corrected chi connectivity index (χ4v) is 8.03. The normalized spacial score (nSPS) is 12.4.